The summed E-state index contributed by atoms with van der Waals surface area (Å²) >= 11 is 0. The first-order chi connectivity index (χ1) is 18.2. The number of nitrogens with one attached hydrogen (secondary N) is 1. The zero-order chi connectivity index (χ0) is 26.0. The molecular weight excluding hydrogens is 456 g/mol. The highest BCUT2D eigenvalue weighted by Gasteiger charge is 2.29. The van der Waals surface area contributed by atoms with Gasteiger partial charge in [0.15, 0.2) is 0 Å². The van der Waals surface area contributed by atoms with Crippen molar-refractivity contribution in [2.45, 2.75) is 97.1 Å². The largest absolute Gasteiger partial charge is 0.497 e. The number of nitrogens with zero attached hydrogens (tertiary/aromatic N) is 1. The Labute approximate surface area is 224 Å². The number of aryl methyl sites for hydroxylation is 2. The monoisotopic (exact) mass is 504 g/mol. The summed E-state index contributed by atoms with van der Waals surface area (Å²) in [6, 6.07) is 15.8. The quantitative estimate of drug-likeness (QED) is 0.187. The molecule has 1 aliphatic rings. The summed E-state index contributed by atoms with van der Waals surface area (Å²) in [6.45, 7) is 6.74. The standard InChI is InChI=1S/C33H48N2O2/c1-5-22-34-31(26-14-15-26)13-11-9-7-6-8-10-12-23-35-32-21-20-29(37-4)24-30(32)25(2)33(35)27-16-18-28(36-3)19-17-27/h16-21,24,26,31,34H,5-15,22-23H2,1-4H3. The van der Waals surface area contributed by atoms with Gasteiger partial charge in [0.2, 0.25) is 0 Å². The number of aromatic nitrogens is 1. The summed E-state index contributed by atoms with van der Waals surface area (Å²) < 4.78 is 13.4. The Balaban J connectivity index is 1.29. The fraction of sp³-hybridized carbons (Fsp3) is 0.576. The summed E-state index contributed by atoms with van der Waals surface area (Å²) in [6.07, 6.45) is 14.9. The Kier molecular flexibility index (Phi) is 10.4. The Hall–Kier alpha value is -2.46. The van der Waals surface area contributed by atoms with Gasteiger partial charge in [0.05, 0.1) is 19.9 Å². The maximum absolute atomic E-state index is 5.53. The summed E-state index contributed by atoms with van der Waals surface area (Å²) in [4.78, 5) is 0. The molecule has 1 N–H and O–H groups in total. The lowest BCUT2D eigenvalue weighted by Crippen LogP contribution is -2.31. The maximum atomic E-state index is 5.53. The van der Waals surface area contributed by atoms with Crippen molar-refractivity contribution < 1.29 is 9.47 Å². The van der Waals surface area contributed by atoms with Crippen LogP contribution in [0, 0.1) is 12.8 Å². The van der Waals surface area contributed by atoms with E-state index in [-0.39, 0.29) is 0 Å². The molecule has 0 amide bonds. The van der Waals surface area contributed by atoms with E-state index in [1.807, 2.05) is 0 Å². The van der Waals surface area contributed by atoms with Crippen molar-refractivity contribution in [1.29, 1.82) is 0 Å². The third-order valence-corrected chi connectivity index (χ3v) is 8.13. The van der Waals surface area contributed by atoms with Gasteiger partial charge in [0.1, 0.15) is 11.5 Å². The minimum absolute atomic E-state index is 0.791. The summed E-state index contributed by atoms with van der Waals surface area (Å²) in [7, 11) is 3.46. The first kappa shape index (κ1) is 27.6. The van der Waals surface area contributed by atoms with Gasteiger partial charge in [-0.3, -0.25) is 0 Å². The number of hydrogen-bond acceptors (Lipinski definition) is 3. The number of ether oxygens (including phenoxy) is 2. The van der Waals surface area contributed by atoms with Gasteiger partial charge >= 0.3 is 0 Å². The number of hydrogen-bond donors (Lipinski definition) is 1. The van der Waals surface area contributed by atoms with Gasteiger partial charge < -0.3 is 19.4 Å². The smallest absolute Gasteiger partial charge is 0.119 e. The molecule has 1 unspecified atom stereocenters. The van der Waals surface area contributed by atoms with Crippen LogP contribution in [0.2, 0.25) is 0 Å². The normalized spacial score (nSPS) is 14.3. The average molecular weight is 505 g/mol. The summed E-state index contributed by atoms with van der Waals surface area (Å²) in [5.41, 5.74) is 5.17. The van der Waals surface area contributed by atoms with Gasteiger partial charge in [-0.15, -0.1) is 0 Å². The van der Waals surface area contributed by atoms with Crippen molar-refractivity contribution in [2.75, 3.05) is 20.8 Å². The Bertz CT molecular complexity index is 1100. The zero-order valence-corrected chi connectivity index (χ0v) is 23.7. The number of benzene rings is 2. The molecule has 202 valence electrons. The van der Waals surface area contributed by atoms with E-state index in [0.717, 1.165) is 30.0 Å². The van der Waals surface area contributed by atoms with E-state index in [9.17, 15) is 0 Å². The van der Waals surface area contributed by atoms with Crippen LogP contribution in [0.4, 0.5) is 0 Å². The summed E-state index contributed by atoms with van der Waals surface area (Å²) in [5.74, 6) is 2.79. The molecule has 4 rings (SSSR count). The lowest BCUT2D eigenvalue weighted by molar-refractivity contribution is 0.414. The van der Waals surface area contributed by atoms with Crippen LogP contribution in [0.25, 0.3) is 22.2 Å². The Morgan fingerprint density at radius 3 is 2.16 bits per heavy atom. The van der Waals surface area contributed by atoms with Gasteiger partial charge in [0, 0.05) is 23.5 Å². The van der Waals surface area contributed by atoms with E-state index < -0.39 is 0 Å². The molecule has 1 aromatic heterocycles. The van der Waals surface area contributed by atoms with E-state index in [0.29, 0.717) is 0 Å². The molecule has 0 radical (unpaired) electrons. The number of rotatable bonds is 17. The first-order valence-corrected chi connectivity index (χ1v) is 14.7. The maximum Gasteiger partial charge on any atom is 0.119 e. The first-order valence-electron chi connectivity index (χ1n) is 14.7. The third kappa shape index (κ3) is 7.31. The highest BCUT2D eigenvalue weighted by Crippen LogP contribution is 2.37. The predicted octanol–water partition coefficient (Wildman–Crippen LogP) is 8.53. The van der Waals surface area contributed by atoms with E-state index in [4.69, 9.17) is 9.47 Å². The van der Waals surface area contributed by atoms with Crippen LogP contribution in [0.5, 0.6) is 11.5 Å². The lowest BCUT2D eigenvalue weighted by Gasteiger charge is -2.17. The van der Waals surface area contributed by atoms with Gasteiger partial charge in [0.25, 0.3) is 0 Å². The molecule has 1 fully saturated rings. The fourth-order valence-corrected chi connectivity index (χ4v) is 5.83. The second-order valence-corrected chi connectivity index (χ2v) is 10.9. The van der Waals surface area contributed by atoms with E-state index in [1.54, 1.807) is 14.2 Å². The Morgan fingerprint density at radius 1 is 0.865 bits per heavy atom. The van der Waals surface area contributed by atoms with Crippen LogP contribution < -0.4 is 14.8 Å². The zero-order valence-electron chi connectivity index (χ0n) is 23.7. The predicted molar refractivity (Wildman–Crippen MR) is 157 cm³/mol. The molecule has 1 aliphatic carbocycles. The molecule has 3 aromatic rings. The molecule has 0 bridgehead atoms. The summed E-state index contributed by atoms with van der Waals surface area (Å²) in [5, 5.41) is 5.07. The second-order valence-electron chi connectivity index (χ2n) is 10.9. The van der Waals surface area contributed by atoms with E-state index in [2.05, 4.69) is 66.2 Å². The average Bonchev–Trinajstić information content (AvgIpc) is 3.74. The van der Waals surface area contributed by atoms with Crippen molar-refractivity contribution in [3.05, 3.63) is 48.0 Å². The van der Waals surface area contributed by atoms with E-state index in [1.165, 1.54) is 105 Å². The molecule has 0 spiro atoms. The molecule has 0 saturated heterocycles. The highest BCUT2D eigenvalue weighted by atomic mass is 16.5. The van der Waals surface area contributed by atoms with Crippen LogP contribution in [0.1, 0.15) is 83.1 Å². The van der Waals surface area contributed by atoms with Crippen LogP contribution in [0.3, 0.4) is 0 Å². The molecule has 37 heavy (non-hydrogen) atoms. The van der Waals surface area contributed by atoms with Crippen molar-refractivity contribution in [3.8, 4) is 22.8 Å². The minimum Gasteiger partial charge on any atom is -0.497 e. The lowest BCUT2D eigenvalue weighted by atomic mass is 10.0. The fourth-order valence-electron chi connectivity index (χ4n) is 5.83. The number of unbranched alkanes of at least 4 members (excludes halogenated alkanes) is 6. The van der Waals surface area contributed by atoms with Crippen LogP contribution in [0.15, 0.2) is 42.5 Å². The topological polar surface area (TPSA) is 35.4 Å². The van der Waals surface area contributed by atoms with Crippen molar-refractivity contribution in [3.63, 3.8) is 0 Å². The van der Waals surface area contributed by atoms with E-state index >= 15 is 0 Å². The van der Waals surface area contributed by atoms with Gasteiger partial charge in [-0.1, -0.05) is 45.4 Å². The van der Waals surface area contributed by atoms with Crippen LogP contribution in [-0.2, 0) is 6.54 Å². The molecule has 4 heteroatoms. The van der Waals surface area contributed by atoms with Crippen LogP contribution in [-0.4, -0.2) is 31.4 Å². The van der Waals surface area contributed by atoms with Crippen LogP contribution >= 0.6 is 0 Å². The van der Waals surface area contributed by atoms with Crippen molar-refractivity contribution in [2.24, 2.45) is 5.92 Å². The molecule has 1 heterocycles. The second kappa shape index (κ2) is 13.9. The molecule has 4 nitrogen and oxygen atoms in total. The third-order valence-electron chi connectivity index (χ3n) is 8.13. The SMILES string of the molecule is CCCNC(CCCCCCCCCn1c(-c2ccc(OC)cc2)c(C)c2cc(OC)ccc21)C1CC1. The minimum atomic E-state index is 0.791. The molecule has 0 aliphatic heterocycles. The molecular formula is C33H48N2O2. The molecule has 2 aromatic carbocycles. The van der Waals surface area contributed by atoms with Crippen molar-refractivity contribution >= 4 is 10.9 Å². The number of methoxy groups -OCH3 is 2. The van der Waals surface area contributed by atoms with Gasteiger partial charge in [-0.25, -0.2) is 0 Å². The van der Waals surface area contributed by atoms with Gasteiger partial charge in [-0.2, -0.15) is 0 Å². The van der Waals surface area contributed by atoms with Crippen molar-refractivity contribution in [1.82, 2.24) is 9.88 Å². The number of fused-ring (bicyclic) bond motifs is 1. The molecule has 1 atom stereocenters. The van der Waals surface area contributed by atoms with Gasteiger partial charge in [-0.05, 0) is 105 Å². The Morgan fingerprint density at radius 2 is 1.51 bits per heavy atom. The molecule has 1 saturated carbocycles. The highest BCUT2D eigenvalue weighted by molar-refractivity contribution is 5.92.